The first-order valence-electron chi connectivity index (χ1n) is 9.28. The van der Waals surface area contributed by atoms with Gasteiger partial charge in [-0.3, -0.25) is 9.59 Å². The predicted molar refractivity (Wildman–Crippen MR) is 94.8 cm³/mol. The minimum atomic E-state index is -0.804. The molecule has 1 saturated heterocycles. The van der Waals surface area contributed by atoms with E-state index < -0.39 is 11.4 Å². The van der Waals surface area contributed by atoms with Crippen molar-refractivity contribution < 1.29 is 14.7 Å². The molecule has 0 bridgehead atoms. The van der Waals surface area contributed by atoms with Crippen LogP contribution in [-0.4, -0.2) is 45.3 Å². The molecule has 2 heterocycles. The first-order chi connectivity index (χ1) is 12.4. The number of aryl methyl sites for hydroxylation is 1. The third-order valence-corrected chi connectivity index (χ3v) is 5.97. The number of carboxylic acid groups (broad SMARTS) is 1. The summed E-state index contributed by atoms with van der Waals surface area (Å²) in [5.74, 6) is -0.783. The van der Waals surface area contributed by atoms with E-state index in [1.165, 1.54) is 0 Å². The molecule has 1 aliphatic carbocycles. The third kappa shape index (κ3) is 2.97. The highest BCUT2D eigenvalue weighted by molar-refractivity contribution is 5.80. The van der Waals surface area contributed by atoms with Crippen molar-refractivity contribution in [1.29, 1.82) is 0 Å². The van der Waals surface area contributed by atoms with Crippen LogP contribution in [0.2, 0.25) is 0 Å². The fourth-order valence-electron chi connectivity index (χ4n) is 4.53. The van der Waals surface area contributed by atoms with Crippen LogP contribution in [-0.2, 0) is 24.2 Å². The number of aromatic nitrogens is 2. The number of nitrogens with one attached hydrogen (secondary N) is 2. The van der Waals surface area contributed by atoms with Crippen LogP contribution in [0.3, 0.4) is 0 Å². The van der Waals surface area contributed by atoms with Gasteiger partial charge in [0.05, 0.1) is 17.7 Å². The van der Waals surface area contributed by atoms with Crippen molar-refractivity contribution in [2.45, 2.75) is 52.5 Å². The van der Waals surface area contributed by atoms with Crippen molar-refractivity contribution in [2.24, 2.45) is 11.3 Å². The average Bonchev–Trinajstić information content (AvgIpc) is 3.18. The Morgan fingerprint density at radius 1 is 1.35 bits per heavy atom. The maximum Gasteiger partial charge on any atom is 0.317 e. The van der Waals surface area contributed by atoms with Gasteiger partial charge in [-0.05, 0) is 37.2 Å². The summed E-state index contributed by atoms with van der Waals surface area (Å²) in [6.07, 6.45) is 3.74. The molecule has 8 heteroatoms. The summed E-state index contributed by atoms with van der Waals surface area (Å²) in [5.41, 5.74) is 1.14. The van der Waals surface area contributed by atoms with Crippen molar-refractivity contribution in [3.63, 3.8) is 0 Å². The lowest BCUT2D eigenvalue weighted by Gasteiger charge is -2.23. The van der Waals surface area contributed by atoms with Gasteiger partial charge in [0, 0.05) is 18.7 Å². The summed E-state index contributed by atoms with van der Waals surface area (Å²) < 4.78 is 0. The van der Waals surface area contributed by atoms with E-state index in [1.807, 2.05) is 13.8 Å². The minimum Gasteiger partial charge on any atom is -0.481 e. The molecule has 2 atom stereocenters. The molecule has 0 unspecified atom stereocenters. The molecular weight excluding hydrogens is 336 g/mol. The zero-order valence-corrected chi connectivity index (χ0v) is 15.3. The van der Waals surface area contributed by atoms with Crippen LogP contribution >= 0.6 is 0 Å². The van der Waals surface area contributed by atoms with Gasteiger partial charge < -0.3 is 15.3 Å². The molecule has 26 heavy (non-hydrogen) atoms. The molecule has 2 amide bonds. The molecule has 2 aliphatic rings. The topological polar surface area (TPSA) is 115 Å². The Bertz CT molecular complexity index is 775. The number of amides is 2. The van der Waals surface area contributed by atoms with E-state index >= 15 is 0 Å². The molecule has 1 aromatic rings. The Kier molecular flexibility index (Phi) is 5.02. The van der Waals surface area contributed by atoms with E-state index in [-0.39, 0.29) is 30.6 Å². The van der Waals surface area contributed by atoms with Gasteiger partial charge >= 0.3 is 12.0 Å². The second-order valence-corrected chi connectivity index (χ2v) is 7.25. The molecule has 0 aromatic carbocycles. The highest BCUT2D eigenvalue weighted by Gasteiger charge is 2.55. The molecule has 0 radical (unpaired) electrons. The largest absolute Gasteiger partial charge is 0.481 e. The summed E-state index contributed by atoms with van der Waals surface area (Å²) in [7, 11) is 0. The number of carbonyl (C=O) groups is 2. The Morgan fingerprint density at radius 2 is 2.12 bits per heavy atom. The van der Waals surface area contributed by atoms with E-state index in [2.05, 4.69) is 15.5 Å². The maximum atomic E-state index is 12.6. The standard InChI is InChI=1S/C18H26N4O4/c1-3-12-13(15(23)21-20-14(12)4-2)8-19-17(26)22-9-11-6-5-7-18(11,10-22)16(24)25/h11H,3-10H2,1-2H3,(H,19,26)(H,21,23)(H,24,25)/t11-,18+/m0/s1. The van der Waals surface area contributed by atoms with Crippen LogP contribution in [0.25, 0.3) is 0 Å². The van der Waals surface area contributed by atoms with Gasteiger partial charge in [-0.15, -0.1) is 0 Å². The monoisotopic (exact) mass is 362 g/mol. The average molecular weight is 362 g/mol. The van der Waals surface area contributed by atoms with Gasteiger partial charge in [0.1, 0.15) is 0 Å². The fraction of sp³-hybridized carbons (Fsp3) is 0.667. The summed E-state index contributed by atoms with van der Waals surface area (Å²) in [4.78, 5) is 38.0. The lowest BCUT2D eigenvalue weighted by molar-refractivity contribution is -0.149. The maximum absolute atomic E-state index is 12.6. The number of urea groups is 1. The van der Waals surface area contributed by atoms with Crippen LogP contribution in [0.5, 0.6) is 0 Å². The number of nitrogens with zero attached hydrogens (tertiary/aromatic N) is 2. The number of aromatic amines is 1. The highest BCUT2D eigenvalue weighted by atomic mass is 16.4. The lowest BCUT2D eigenvalue weighted by Crippen LogP contribution is -2.42. The van der Waals surface area contributed by atoms with Gasteiger partial charge in [0.15, 0.2) is 0 Å². The smallest absolute Gasteiger partial charge is 0.317 e. The van der Waals surface area contributed by atoms with Crippen molar-refractivity contribution in [2.75, 3.05) is 13.1 Å². The number of hydrogen-bond donors (Lipinski definition) is 3. The van der Waals surface area contributed by atoms with Crippen LogP contribution in [0.1, 0.15) is 49.9 Å². The number of likely N-dealkylation sites (tertiary alicyclic amines) is 1. The molecule has 8 nitrogen and oxygen atoms in total. The Labute approximate surface area is 152 Å². The molecule has 1 aromatic heterocycles. The Balaban J connectivity index is 1.71. The van der Waals surface area contributed by atoms with E-state index in [9.17, 15) is 19.5 Å². The molecule has 1 aliphatic heterocycles. The molecule has 3 N–H and O–H groups in total. The Hall–Kier alpha value is -2.38. The van der Waals surface area contributed by atoms with Gasteiger partial charge in [-0.2, -0.15) is 5.10 Å². The number of aliphatic carboxylic acids is 1. The van der Waals surface area contributed by atoms with Crippen LogP contribution in [0.15, 0.2) is 4.79 Å². The highest BCUT2D eigenvalue weighted by Crippen LogP contribution is 2.48. The molecule has 0 spiro atoms. The quantitative estimate of drug-likeness (QED) is 0.730. The van der Waals surface area contributed by atoms with Gasteiger partial charge in [-0.1, -0.05) is 20.3 Å². The zero-order valence-electron chi connectivity index (χ0n) is 15.3. The molecule has 3 rings (SSSR count). The number of H-pyrrole nitrogens is 1. The molecule has 142 valence electrons. The SMILES string of the molecule is CCc1n[nH]c(=O)c(CNC(=O)N2C[C@@H]3CCC[C@@]3(C(=O)O)C2)c1CC. The lowest BCUT2D eigenvalue weighted by atomic mass is 9.81. The molecule has 1 saturated carbocycles. The summed E-state index contributed by atoms with van der Waals surface area (Å²) in [6, 6.07) is -0.309. The second kappa shape index (κ2) is 7.09. The van der Waals surface area contributed by atoms with Crippen molar-refractivity contribution in [3.05, 3.63) is 27.2 Å². The van der Waals surface area contributed by atoms with Gasteiger partial charge in [-0.25, -0.2) is 9.89 Å². The summed E-state index contributed by atoms with van der Waals surface area (Å²) in [6.45, 7) is 4.75. The number of carbonyl (C=O) groups excluding carboxylic acids is 1. The van der Waals surface area contributed by atoms with Crippen molar-refractivity contribution in [1.82, 2.24) is 20.4 Å². The molecular formula is C18H26N4O4. The summed E-state index contributed by atoms with van der Waals surface area (Å²) >= 11 is 0. The number of fused-ring (bicyclic) bond motifs is 1. The normalized spacial score (nSPS) is 24.5. The van der Waals surface area contributed by atoms with Crippen LogP contribution in [0.4, 0.5) is 4.79 Å². The first-order valence-corrected chi connectivity index (χ1v) is 9.28. The third-order valence-electron chi connectivity index (χ3n) is 5.97. The van der Waals surface area contributed by atoms with Crippen molar-refractivity contribution >= 4 is 12.0 Å². The fourth-order valence-corrected chi connectivity index (χ4v) is 4.53. The number of rotatable bonds is 5. The van der Waals surface area contributed by atoms with Crippen LogP contribution < -0.4 is 10.9 Å². The zero-order chi connectivity index (χ0) is 18.9. The second-order valence-electron chi connectivity index (χ2n) is 7.25. The van der Waals surface area contributed by atoms with Gasteiger partial charge in [0.2, 0.25) is 0 Å². The molecule has 2 fully saturated rings. The number of hydrogen-bond acceptors (Lipinski definition) is 4. The first kappa shape index (κ1) is 18.4. The van der Waals surface area contributed by atoms with Gasteiger partial charge in [0.25, 0.3) is 5.56 Å². The predicted octanol–water partition coefficient (Wildman–Crippen LogP) is 1.29. The van der Waals surface area contributed by atoms with Crippen LogP contribution in [0, 0.1) is 11.3 Å². The Morgan fingerprint density at radius 3 is 2.73 bits per heavy atom. The van der Waals surface area contributed by atoms with E-state index in [4.69, 9.17) is 0 Å². The minimum absolute atomic E-state index is 0.0213. The summed E-state index contributed by atoms with van der Waals surface area (Å²) in [5, 5.41) is 19.0. The number of carboxylic acids is 1. The van der Waals surface area contributed by atoms with E-state index in [0.29, 0.717) is 31.4 Å². The van der Waals surface area contributed by atoms with Crippen molar-refractivity contribution in [3.8, 4) is 0 Å². The van der Waals surface area contributed by atoms with E-state index in [0.717, 1.165) is 24.1 Å². The van der Waals surface area contributed by atoms with E-state index in [1.54, 1.807) is 4.90 Å².